The molecule has 1 N–H and O–H groups in total. The molecule has 0 aromatic heterocycles. The van der Waals surface area contributed by atoms with Crippen molar-refractivity contribution >= 4 is 5.91 Å². The minimum Gasteiger partial charge on any atom is -0.325 e. The van der Waals surface area contributed by atoms with Crippen molar-refractivity contribution in [1.29, 1.82) is 0 Å². The first-order valence-electron chi connectivity index (χ1n) is 7.14. The van der Waals surface area contributed by atoms with Gasteiger partial charge in [-0.1, -0.05) is 26.2 Å². The number of carbonyl (C=O) groups excluding carboxylic acids is 1. The molecule has 2 aliphatic carbocycles. The molecule has 3 aliphatic rings. The highest BCUT2D eigenvalue weighted by atomic mass is 16.2. The molecule has 1 unspecified atom stereocenters. The largest absolute Gasteiger partial charge is 0.325 e. The lowest BCUT2D eigenvalue weighted by molar-refractivity contribution is -0.132. The van der Waals surface area contributed by atoms with Crippen LogP contribution in [-0.4, -0.2) is 29.1 Å². The van der Waals surface area contributed by atoms with Gasteiger partial charge in [0.15, 0.2) is 0 Å². The van der Waals surface area contributed by atoms with Crippen LogP contribution in [0.1, 0.15) is 58.8 Å². The molecule has 1 amide bonds. The van der Waals surface area contributed by atoms with Crippen LogP contribution in [0, 0.1) is 5.41 Å². The van der Waals surface area contributed by atoms with Crippen LogP contribution in [0.3, 0.4) is 0 Å². The van der Waals surface area contributed by atoms with Crippen molar-refractivity contribution in [3.05, 3.63) is 0 Å². The van der Waals surface area contributed by atoms with Crippen LogP contribution in [0.25, 0.3) is 0 Å². The molecule has 2 saturated carbocycles. The Bertz CT molecular complexity index is 329. The third kappa shape index (κ3) is 1.88. The van der Waals surface area contributed by atoms with E-state index in [9.17, 15) is 4.79 Å². The number of nitrogens with zero attached hydrogens (tertiary/aromatic N) is 1. The van der Waals surface area contributed by atoms with Gasteiger partial charge in [0.25, 0.3) is 0 Å². The predicted octanol–water partition coefficient (Wildman–Crippen LogP) is 2.27. The predicted molar refractivity (Wildman–Crippen MR) is 67.5 cm³/mol. The van der Waals surface area contributed by atoms with Crippen molar-refractivity contribution < 1.29 is 4.79 Å². The lowest BCUT2D eigenvalue weighted by Crippen LogP contribution is -2.43. The molecular weight excluding hydrogens is 212 g/mol. The van der Waals surface area contributed by atoms with E-state index in [1.54, 1.807) is 0 Å². The average molecular weight is 236 g/mol. The average Bonchev–Trinajstić information content (AvgIpc) is 3.03. The zero-order valence-corrected chi connectivity index (χ0v) is 11.1. The summed E-state index contributed by atoms with van der Waals surface area (Å²) >= 11 is 0. The minimum absolute atomic E-state index is 0.134. The fourth-order valence-electron chi connectivity index (χ4n) is 3.66. The summed E-state index contributed by atoms with van der Waals surface area (Å²) in [6.45, 7) is 5.46. The molecule has 3 heteroatoms. The fourth-order valence-corrected chi connectivity index (χ4v) is 3.66. The summed E-state index contributed by atoms with van der Waals surface area (Å²) < 4.78 is 0. The first-order valence-corrected chi connectivity index (χ1v) is 7.14. The number of hydrogen-bond donors (Lipinski definition) is 1. The number of nitrogens with one attached hydrogen (secondary N) is 1. The molecule has 1 aliphatic heterocycles. The quantitative estimate of drug-likeness (QED) is 0.797. The molecular formula is C14H24N2O. The number of amides is 1. The highest BCUT2D eigenvalue weighted by Crippen LogP contribution is 2.44. The molecule has 0 bridgehead atoms. The van der Waals surface area contributed by atoms with Gasteiger partial charge in [0.05, 0.1) is 11.7 Å². The Kier molecular flexibility index (Phi) is 2.51. The maximum absolute atomic E-state index is 12.4. The molecule has 1 saturated heterocycles. The summed E-state index contributed by atoms with van der Waals surface area (Å²) in [4.78, 5) is 14.5. The van der Waals surface area contributed by atoms with Crippen LogP contribution in [0.2, 0.25) is 0 Å². The van der Waals surface area contributed by atoms with Gasteiger partial charge in [-0.05, 0) is 38.0 Å². The summed E-state index contributed by atoms with van der Waals surface area (Å²) in [6.07, 6.45) is 8.96. The maximum Gasteiger partial charge on any atom is 0.244 e. The van der Waals surface area contributed by atoms with Gasteiger partial charge >= 0.3 is 0 Å². The summed E-state index contributed by atoms with van der Waals surface area (Å²) in [7, 11) is 0. The first kappa shape index (κ1) is 11.5. The molecule has 3 fully saturated rings. The Labute approximate surface area is 104 Å². The molecule has 1 spiro atoms. The first-order chi connectivity index (χ1) is 8.05. The molecule has 96 valence electrons. The Hall–Kier alpha value is -0.570. The third-order valence-corrected chi connectivity index (χ3v) is 4.99. The van der Waals surface area contributed by atoms with E-state index in [0.717, 1.165) is 19.4 Å². The van der Waals surface area contributed by atoms with Gasteiger partial charge in [-0.3, -0.25) is 10.1 Å². The molecule has 3 rings (SSSR count). The molecule has 0 radical (unpaired) electrons. The van der Waals surface area contributed by atoms with E-state index < -0.39 is 0 Å². The zero-order chi connectivity index (χ0) is 12.1. The van der Waals surface area contributed by atoms with E-state index in [4.69, 9.17) is 0 Å². The summed E-state index contributed by atoms with van der Waals surface area (Å²) in [5.74, 6) is 0.372. The van der Waals surface area contributed by atoms with Gasteiger partial charge in [-0.2, -0.15) is 0 Å². The molecule has 3 nitrogen and oxygen atoms in total. The lowest BCUT2D eigenvalue weighted by Gasteiger charge is -2.38. The second-order valence-corrected chi connectivity index (χ2v) is 6.71. The molecule has 0 aromatic carbocycles. The highest BCUT2D eigenvalue weighted by molar-refractivity contribution is 5.91. The van der Waals surface area contributed by atoms with Gasteiger partial charge in [-0.15, -0.1) is 0 Å². The molecule has 1 heterocycles. The monoisotopic (exact) mass is 236 g/mol. The van der Waals surface area contributed by atoms with Crippen molar-refractivity contribution in [2.24, 2.45) is 5.41 Å². The van der Waals surface area contributed by atoms with Gasteiger partial charge < -0.3 is 4.90 Å². The molecule has 1 atom stereocenters. The van der Waals surface area contributed by atoms with E-state index in [1.165, 1.54) is 32.1 Å². The second-order valence-electron chi connectivity index (χ2n) is 6.71. The van der Waals surface area contributed by atoms with Crippen LogP contribution >= 0.6 is 0 Å². The minimum atomic E-state index is -0.134. The van der Waals surface area contributed by atoms with Crippen LogP contribution in [0.15, 0.2) is 0 Å². The van der Waals surface area contributed by atoms with E-state index in [-0.39, 0.29) is 11.7 Å². The van der Waals surface area contributed by atoms with Crippen LogP contribution in [0.4, 0.5) is 0 Å². The standard InChI is InChI=1S/C14H24N2O/c1-11-15-14(8-9-14)12(17)16(11)10-13(2)6-4-3-5-7-13/h11,15H,3-10H2,1-2H3. The Morgan fingerprint density at radius 2 is 1.88 bits per heavy atom. The van der Waals surface area contributed by atoms with Crippen molar-refractivity contribution in [1.82, 2.24) is 10.2 Å². The summed E-state index contributed by atoms with van der Waals surface area (Å²) in [5, 5.41) is 3.49. The van der Waals surface area contributed by atoms with E-state index in [1.807, 2.05) is 0 Å². The van der Waals surface area contributed by atoms with Crippen LogP contribution < -0.4 is 5.32 Å². The van der Waals surface area contributed by atoms with Gasteiger partial charge in [0.2, 0.25) is 5.91 Å². The Balaban J connectivity index is 1.70. The fraction of sp³-hybridized carbons (Fsp3) is 0.929. The Morgan fingerprint density at radius 1 is 1.24 bits per heavy atom. The number of carbonyl (C=O) groups is 1. The van der Waals surface area contributed by atoms with Gasteiger partial charge in [0, 0.05) is 6.54 Å². The smallest absolute Gasteiger partial charge is 0.244 e. The zero-order valence-electron chi connectivity index (χ0n) is 11.1. The Morgan fingerprint density at radius 3 is 2.41 bits per heavy atom. The van der Waals surface area contributed by atoms with Crippen molar-refractivity contribution in [2.75, 3.05) is 6.54 Å². The van der Waals surface area contributed by atoms with Gasteiger partial charge in [0.1, 0.15) is 0 Å². The van der Waals surface area contributed by atoms with Crippen LogP contribution in [-0.2, 0) is 4.79 Å². The van der Waals surface area contributed by atoms with Crippen molar-refractivity contribution in [3.63, 3.8) is 0 Å². The van der Waals surface area contributed by atoms with Gasteiger partial charge in [-0.25, -0.2) is 0 Å². The maximum atomic E-state index is 12.4. The summed E-state index contributed by atoms with van der Waals surface area (Å²) in [5.41, 5.74) is 0.231. The lowest BCUT2D eigenvalue weighted by atomic mass is 9.75. The van der Waals surface area contributed by atoms with Crippen molar-refractivity contribution in [2.45, 2.75) is 70.5 Å². The normalized spacial score (nSPS) is 34.4. The SMILES string of the molecule is CC1NC2(CC2)C(=O)N1CC1(C)CCCCC1. The highest BCUT2D eigenvalue weighted by Gasteiger charge is 2.58. The summed E-state index contributed by atoms with van der Waals surface area (Å²) in [6, 6.07) is 0. The van der Waals surface area contributed by atoms with Crippen molar-refractivity contribution in [3.8, 4) is 0 Å². The van der Waals surface area contributed by atoms with E-state index in [0.29, 0.717) is 11.3 Å². The third-order valence-electron chi connectivity index (χ3n) is 4.99. The topological polar surface area (TPSA) is 32.3 Å². The second kappa shape index (κ2) is 3.71. The molecule has 0 aromatic rings. The van der Waals surface area contributed by atoms with E-state index >= 15 is 0 Å². The number of hydrogen-bond acceptors (Lipinski definition) is 2. The molecule has 17 heavy (non-hydrogen) atoms. The van der Waals surface area contributed by atoms with Crippen LogP contribution in [0.5, 0.6) is 0 Å². The number of rotatable bonds is 2. The van der Waals surface area contributed by atoms with E-state index in [2.05, 4.69) is 24.1 Å².